The van der Waals surface area contributed by atoms with E-state index in [2.05, 4.69) is 27.7 Å². The summed E-state index contributed by atoms with van der Waals surface area (Å²) in [5.41, 5.74) is 5.99. The molecule has 4 heteroatoms. The Morgan fingerprint density at radius 2 is 2.12 bits per heavy atom. The quantitative estimate of drug-likeness (QED) is 0.804. The van der Waals surface area contributed by atoms with E-state index < -0.39 is 0 Å². The van der Waals surface area contributed by atoms with Gasteiger partial charge in [-0.15, -0.1) is 11.8 Å². The molecule has 16 heavy (non-hydrogen) atoms. The van der Waals surface area contributed by atoms with Gasteiger partial charge in [0.25, 0.3) is 0 Å². The molecule has 1 aliphatic heterocycles. The number of hydrogen-bond donors (Lipinski definition) is 1. The van der Waals surface area contributed by atoms with Gasteiger partial charge in [0, 0.05) is 23.9 Å². The zero-order valence-electron chi connectivity index (χ0n) is 10.8. The normalized spacial score (nSPS) is 26.9. The van der Waals surface area contributed by atoms with Gasteiger partial charge < -0.3 is 10.6 Å². The van der Waals surface area contributed by atoms with E-state index in [0.29, 0.717) is 11.7 Å². The molecule has 0 saturated carbocycles. The molecule has 2 unspecified atom stereocenters. The third kappa shape index (κ3) is 4.34. The van der Waals surface area contributed by atoms with Gasteiger partial charge >= 0.3 is 0 Å². The molecule has 0 radical (unpaired) electrons. The standard InChI is InChI=1S/C12H24N2OS/c1-9-5-6-14(7-10(9)13)11(15)8-16-12(2,3)4/h9-10H,5-8,13H2,1-4H3. The second kappa shape index (κ2) is 5.41. The predicted molar refractivity (Wildman–Crippen MR) is 70.5 cm³/mol. The number of thioether (sulfide) groups is 1. The van der Waals surface area contributed by atoms with Gasteiger partial charge in [0.2, 0.25) is 5.91 Å². The SMILES string of the molecule is CC1CCN(C(=O)CSC(C)(C)C)CC1N. The smallest absolute Gasteiger partial charge is 0.232 e. The molecule has 0 aliphatic carbocycles. The number of amides is 1. The number of likely N-dealkylation sites (tertiary alicyclic amines) is 1. The van der Waals surface area contributed by atoms with Gasteiger partial charge in [0.05, 0.1) is 5.75 Å². The number of piperidine rings is 1. The van der Waals surface area contributed by atoms with Crippen LogP contribution in [-0.2, 0) is 4.79 Å². The Hall–Kier alpha value is -0.220. The van der Waals surface area contributed by atoms with Gasteiger partial charge in [0.1, 0.15) is 0 Å². The van der Waals surface area contributed by atoms with Crippen LogP contribution in [0.1, 0.15) is 34.1 Å². The molecule has 0 spiro atoms. The molecular weight excluding hydrogens is 220 g/mol. The van der Waals surface area contributed by atoms with Gasteiger partial charge in [-0.2, -0.15) is 0 Å². The fourth-order valence-corrected chi connectivity index (χ4v) is 2.43. The Labute approximate surface area is 103 Å². The lowest BCUT2D eigenvalue weighted by Crippen LogP contribution is -2.50. The molecule has 1 saturated heterocycles. The van der Waals surface area contributed by atoms with Crippen molar-refractivity contribution in [1.29, 1.82) is 0 Å². The monoisotopic (exact) mass is 244 g/mol. The molecule has 0 aromatic heterocycles. The first kappa shape index (κ1) is 13.8. The second-order valence-corrected chi connectivity index (χ2v) is 7.47. The third-order valence-corrected chi connectivity index (χ3v) is 4.26. The minimum Gasteiger partial charge on any atom is -0.340 e. The van der Waals surface area contributed by atoms with Crippen molar-refractivity contribution in [3.63, 3.8) is 0 Å². The Bertz CT molecular complexity index is 250. The molecule has 3 nitrogen and oxygen atoms in total. The summed E-state index contributed by atoms with van der Waals surface area (Å²) in [5.74, 6) is 1.35. The number of rotatable bonds is 2. The molecule has 1 amide bonds. The van der Waals surface area contributed by atoms with Gasteiger partial charge in [-0.25, -0.2) is 0 Å². The van der Waals surface area contributed by atoms with Crippen LogP contribution >= 0.6 is 11.8 Å². The fraction of sp³-hybridized carbons (Fsp3) is 0.917. The van der Waals surface area contributed by atoms with Crippen LogP contribution in [0.5, 0.6) is 0 Å². The zero-order valence-corrected chi connectivity index (χ0v) is 11.6. The van der Waals surface area contributed by atoms with E-state index in [4.69, 9.17) is 5.73 Å². The first-order chi connectivity index (χ1) is 7.29. The lowest BCUT2D eigenvalue weighted by molar-refractivity contribution is -0.130. The third-order valence-electron chi connectivity index (χ3n) is 3.00. The highest BCUT2D eigenvalue weighted by Crippen LogP contribution is 2.24. The minimum atomic E-state index is 0.150. The largest absolute Gasteiger partial charge is 0.340 e. The highest BCUT2D eigenvalue weighted by molar-refractivity contribution is 8.01. The highest BCUT2D eigenvalue weighted by atomic mass is 32.2. The van der Waals surface area contributed by atoms with Gasteiger partial charge in [-0.05, 0) is 12.3 Å². The number of nitrogens with zero attached hydrogens (tertiary/aromatic N) is 1. The Balaban J connectivity index is 2.38. The Kier molecular flexibility index (Phi) is 4.68. The summed E-state index contributed by atoms with van der Waals surface area (Å²) in [5, 5.41) is 0. The summed E-state index contributed by atoms with van der Waals surface area (Å²) in [4.78, 5) is 13.9. The number of nitrogens with two attached hydrogens (primary N) is 1. The van der Waals surface area contributed by atoms with Crippen LogP contribution < -0.4 is 5.73 Å². The van der Waals surface area contributed by atoms with E-state index in [9.17, 15) is 4.79 Å². The van der Waals surface area contributed by atoms with Crippen molar-refractivity contribution >= 4 is 17.7 Å². The molecule has 2 N–H and O–H groups in total. The average molecular weight is 244 g/mol. The first-order valence-corrected chi connectivity index (χ1v) is 6.95. The second-order valence-electron chi connectivity index (χ2n) is 5.67. The van der Waals surface area contributed by atoms with E-state index in [1.165, 1.54) is 0 Å². The lowest BCUT2D eigenvalue weighted by Gasteiger charge is -2.35. The van der Waals surface area contributed by atoms with Crippen LogP contribution in [0.4, 0.5) is 0 Å². The minimum absolute atomic E-state index is 0.150. The molecule has 0 aromatic rings. The summed E-state index contributed by atoms with van der Waals surface area (Å²) >= 11 is 1.71. The van der Waals surface area contributed by atoms with Crippen LogP contribution in [0.15, 0.2) is 0 Å². The lowest BCUT2D eigenvalue weighted by atomic mass is 9.94. The number of carbonyl (C=O) groups is 1. The summed E-state index contributed by atoms with van der Waals surface area (Å²) in [6.07, 6.45) is 1.03. The predicted octanol–water partition coefficient (Wildman–Crippen LogP) is 1.71. The number of carbonyl (C=O) groups excluding carboxylic acids is 1. The van der Waals surface area contributed by atoms with Crippen LogP contribution in [0, 0.1) is 5.92 Å². The fourth-order valence-electron chi connectivity index (χ4n) is 1.70. The summed E-state index contributed by atoms with van der Waals surface area (Å²) in [6, 6.07) is 0.150. The molecule has 0 bridgehead atoms. The maximum Gasteiger partial charge on any atom is 0.232 e. The maximum atomic E-state index is 11.9. The molecule has 1 heterocycles. The molecular formula is C12H24N2OS. The highest BCUT2D eigenvalue weighted by Gasteiger charge is 2.26. The molecule has 1 fully saturated rings. The van der Waals surface area contributed by atoms with E-state index >= 15 is 0 Å². The van der Waals surface area contributed by atoms with E-state index in [0.717, 1.165) is 19.5 Å². The summed E-state index contributed by atoms with van der Waals surface area (Å²) in [7, 11) is 0. The Morgan fingerprint density at radius 3 is 2.62 bits per heavy atom. The van der Waals surface area contributed by atoms with Crippen molar-refractivity contribution in [3.8, 4) is 0 Å². The van der Waals surface area contributed by atoms with Crippen molar-refractivity contribution in [1.82, 2.24) is 4.90 Å². The van der Waals surface area contributed by atoms with Crippen LogP contribution in [-0.4, -0.2) is 40.4 Å². The molecule has 0 aromatic carbocycles. The maximum absolute atomic E-state index is 11.9. The van der Waals surface area contributed by atoms with Crippen molar-refractivity contribution in [2.75, 3.05) is 18.8 Å². The topological polar surface area (TPSA) is 46.3 Å². The number of hydrogen-bond acceptors (Lipinski definition) is 3. The van der Waals surface area contributed by atoms with E-state index in [1.807, 2.05) is 4.90 Å². The molecule has 94 valence electrons. The zero-order chi connectivity index (χ0) is 12.3. The van der Waals surface area contributed by atoms with E-state index in [-0.39, 0.29) is 16.7 Å². The van der Waals surface area contributed by atoms with Gasteiger partial charge in [-0.1, -0.05) is 27.7 Å². The van der Waals surface area contributed by atoms with Crippen LogP contribution in [0.2, 0.25) is 0 Å². The van der Waals surface area contributed by atoms with Crippen molar-refractivity contribution < 1.29 is 4.79 Å². The van der Waals surface area contributed by atoms with Crippen molar-refractivity contribution in [2.24, 2.45) is 11.7 Å². The van der Waals surface area contributed by atoms with Gasteiger partial charge in [0.15, 0.2) is 0 Å². The van der Waals surface area contributed by atoms with Crippen molar-refractivity contribution in [2.45, 2.75) is 44.9 Å². The first-order valence-electron chi connectivity index (χ1n) is 5.97. The van der Waals surface area contributed by atoms with Gasteiger partial charge in [-0.3, -0.25) is 4.79 Å². The summed E-state index contributed by atoms with van der Waals surface area (Å²) in [6.45, 7) is 10.2. The Morgan fingerprint density at radius 1 is 1.50 bits per heavy atom. The van der Waals surface area contributed by atoms with Crippen molar-refractivity contribution in [3.05, 3.63) is 0 Å². The average Bonchev–Trinajstić information content (AvgIpc) is 2.17. The molecule has 1 rings (SSSR count). The van der Waals surface area contributed by atoms with Crippen LogP contribution in [0.25, 0.3) is 0 Å². The molecule has 2 atom stereocenters. The van der Waals surface area contributed by atoms with E-state index in [1.54, 1.807) is 11.8 Å². The molecule has 1 aliphatic rings. The summed E-state index contributed by atoms with van der Waals surface area (Å²) < 4.78 is 0.154. The van der Waals surface area contributed by atoms with Crippen LogP contribution in [0.3, 0.4) is 0 Å².